The Balaban J connectivity index is 2.07. The van der Waals surface area contributed by atoms with Crippen LogP contribution in [-0.4, -0.2) is 39.4 Å². The number of H-pyrrole nitrogens is 1. The van der Waals surface area contributed by atoms with E-state index in [0.29, 0.717) is 0 Å². The summed E-state index contributed by atoms with van der Waals surface area (Å²) in [6.07, 6.45) is 2.65. The summed E-state index contributed by atoms with van der Waals surface area (Å²) in [5.41, 5.74) is 2.56. The molecule has 1 aromatic heterocycles. The second-order valence-corrected chi connectivity index (χ2v) is 5.70. The van der Waals surface area contributed by atoms with Crippen molar-refractivity contribution < 1.29 is 5.11 Å². The van der Waals surface area contributed by atoms with Gasteiger partial charge in [-0.25, -0.2) is 0 Å². The first-order valence-corrected chi connectivity index (χ1v) is 5.90. The average molecular weight is 223 g/mol. The molecule has 1 atom stereocenters. The highest BCUT2D eigenvalue weighted by Crippen LogP contribution is 2.25. The van der Waals surface area contributed by atoms with Gasteiger partial charge in [0.15, 0.2) is 0 Å². The van der Waals surface area contributed by atoms with Crippen LogP contribution in [0.4, 0.5) is 0 Å². The predicted octanol–water partition coefficient (Wildman–Crippen LogP) is 1.27. The summed E-state index contributed by atoms with van der Waals surface area (Å²) in [5.74, 6) is 0. The SMILES string of the molecule is CC(C)(C)c1[nH]ncc1CN1CC[C@H](O)C1. The van der Waals surface area contributed by atoms with E-state index in [1.807, 2.05) is 6.20 Å². The van der Waals surface area contributed by atoms with E-state index in [0.717, 1.165) is 26.1 Å². The fraction of sp³-hybridized carbons (Fsp3) is 0.750. The molecule has 2 heterocycles. The van der Waals surface area contributed by atoms with Crippen LogP contribution in [0.2, 0.25) is 0 Å². The van der Waals surface area contributed by atoms with Gasteiger partial charge in [0, 0.05) is 36.3 Å². The quantitative estimate of drug-likeness (QED) is 0.794. The van der Waals surface area contributed by atoms with Gasteiger partial charge in [0.25, 0.3) is 0 Å². The van der Waals surface area contributed by atoms with Crippen molar-refractivity contribution in [1.82, 2.24) is 15.1 Å². The molecule has 1 aromatic rings. The van der Waals surface area contributed by atoms with Gasteiger partial charge in [-0.1, -0.05) is 20.8 Å². The first kappa shape index (κ1) is 11.6. The summed E-state index contributed by atoms with van der Waals surface area (Å²) >= 11 is 0. The molecule has 1 aliphatic heterocycles. The molecule has 0 saturated carbocycles. The monoisotopic (exact) mass is 223 g/mol. The van der Waals surface area contributed by atoms with Crippen LogP contribution in [0.3, 0.4) is 0 Å². The molecule has 0 spiro atoms. The molecule has 0 aliphatic carbocycles. The molecule has 1 aliphatic rings. The van der Waals surface area contributed by atoms with Crippen LogP contribution in [0.15, 0.2) is 6.20 Å². The van der Waals surface area contributed by atoms with Crippen LogP contribution in [0.5, 0.6) is 0 Å². The Morgan fingerprint density at radius 2 is 2.31 bits per heavy atom. The molecular weight excluding hydrogens is 202 g/mol. The smallest absolute Gasteiger partial charge is 0.0679 e. The fourth-order valence-electron chi connectivity index (χ4n) is 2.28. The molecule has 90 valence electrons. The van der Waals surface area contributed by atoms with Gasteiger partial charge < -0.3 is 5.11 Å². The van der Waals surface area contributed by atoms with Gasteiger partial charge in [-0.2, -0.15) is 5.10 Å². The van der Waals surface area contributed by atoms with Crippen molar-refractivity contribution in [3.05, 3.63) is 17.5 Å². The third-order valence-electron chi connectivity index (χ3n) is 3.11. The Bertz CT molecular complexity index is 353. The maximum Gasteiger partial charge on any atom is 0.0679 e. The summed E-state index contributed by atoms with van der Waals surface area (Å²) in [7, 11) is 0. The topological polar surface area (TPSA) is 52.2 Å². The van der Waals surface area contributed by atoms with Gasteiger partial charge >= 0.3 is 0 Å². The minimum atomic E-state index is -0.148. The zero-order valence-electron chi connectivity index (χ0n) is 10.3. The summed E-state index contributed by atoms with van der Waals surface area (Å²) in [5, 5.41) is 16.7. The Morgan fingerprint density at radius 1 is 1.56 bits per heavy atom. The van der Waals surface area contributed by atoms with Crippen molar-refractivity contribution in [2.45, 2.75) is 45.3 Å². The van der Waals surface area contributed by atoms with Crippen LogP contribution in [0, 0.1) is 0 Å². The molecule has 2 N–H and O–H groups in total. The standard InChI is InChI=1S/C12H21N3O/c1-12(2,3)11-9(6-13-14-11)7-15-5-4-10(16)8-15/h6,10,16H,4-5,7-8H2,1-3H3,(H,13,14)/t10-/m0/s1. The normalized spacial score (nSPS) is 22.9. The molecule has 0 bridgehead atoms. The van der Waals surface area contributed by atoms with Crippen LogP contribution in [-0.2, 0) is 12.0 Å². The Labute approximate surface area is 96.7 Å². The second kappa shape index (κ2) is 4.18. The number of rotatable bonds is 2. The Hall–Kier alpha value is -0.870. The fourth-order valence-corrected chi connectivity index (χ4v) is 2.28. The van der Waals surface area contributed by atoms with Crippen molar-refractivity contribution in [2.24, 2.45) is 0 Å². The lowest BCUT2D eigenvalue weighted by Crippen LogP contribution is -2.23. The average Bonchev–Trinajstić information content (AvgIpc) is 2.74. The predicted molar refractivity (Wildman–Crippen MR) is 63.2 cm³/mol. The lowest BCUT2D eigenvalue weighted by atomic mass is 9.89. The number of nitrogens with one attached hydrogen (secondary N) is 1. The van der Waals surface area contributed by atoms with Crippen LogP contribution in [0.25, 0.3) is 0 Å². The van der Waals surface area contributed by atoms with Gasteiger partial charge in [0.1, 0.15) is 0 Å². The Morgan fingerprint density at radius 3 is 2.88 bits per heavy atom. The molecule has 1 fully saturated rings. The Kier molecular flexibility index (Phi) is 3.04. The number of β-amino-alcohol motifs (C(OH)–C–C–N with tert-alkyl or cyclic N) is 1. The van der Waals surface area contributed by atoms with Crippen LogP contribution >= 0.6 is 0 Å². The summed E-state index contributed by atoms with van der Waals surface area (Å²) < 4.78 is 0. The molecule has 16 heavy (non-hydrogen) atoms. The lowest BCUT2D eigenvalue weighted by molar-refractivity contribution is 0.174. The molecule has 2 rings (SSSR count). The molecule has 0 radical (unpaired) electrons. The van der Waals surface area contributed by atoms with Crippen molar-refractivity contribution in [2.75, 3.05) is 13.1 Å². The molecule has 4 heteroatoms. The van der Waals surface area contributed by atoms with Gasteiger partial charge in [-0.3, -0.25) is 10.00 Å². The van der Waals surface area contributed by atoms with Gasteiger partial charge in [-0.05, 0) is 6.42 Å². The summed E-state index contributed by atoms with van der Waals surface area (Å²) in [6, 6.07) is 0. The van der Waals surface area contributed by atoms with Crippen molar-refractivity contribution in [3.63, 3.8) is 0 Å². The molecule has 1 saturated heterocycles. The third-order valence-corrected chi connectivity index (χ3v) is 3.11. The highest BCUT2D eigenvalue weighted by atomic mass is 16.3. The van der Waals surface area contributed by atoms with Crippen molar-refractivity contribution >= 4 is 0 Å². The highest BCUT2D eigenvalue weighted by Gasteiger charge is 2.24. The van der Waals surface area contributed by atoms with Gasteiger partial charge in [0.2, 0.25) is 0 Å². The van der Waals surface area contributed by atoms with E-state index >= 15 is 0 Å². The number of hydrogen-bond acceptors (Lipinski definition) is 3. The molecule has 0 aromatic carbocycles. The largest absolute Gasteiger partial charge is 0.392 e. The van der Waals surface area contributed by atoms with E-state index in [4.69, 9.17) is 0 Å². The molecular formula is C12H21N3O. The van der Waals surface area contributed by atoms with Crippen LogP contribution < -0.4 is 0 Å². The number of aromatic nitrogens is 2. The van der Waals surface area contributed by atoms with Crippen LogP contribution in [0.1, 0.15) is 38.4 Å². The van der Waals surface area contributed by atoms with E-state index in [9.17, 15) is 5.11 Å². The van der Waals surface area contributed by atoms with E-state index in [1.54, 1.807) is 0 Å². The number of likely N-dealkylation sites (tertiary alicyclic amines) is 1. The van der Waals surface area contributed by atoms with E-state index in [1.165, 1.54) is 11.3 Å². The van der Waals surface area contributed by atoms with Gasteiger partial charge in [-0.15, -0.1) is 0 Å². The van der Waals surface area contributed by atoms with Crippen molar-refractivity contribution in [3.8, 4) is 0 Å². The van der Waals surface area contributed by atoms with E-state index in [-0.39, 0.29) is 11.5 Å². The highest BCUT2D eigenvalue weighted by molar-refractivity contribution is 5.23. The third kappa shape index (κ3) is 2.44. The molecule has 0 amide bonds. The number of hydrogen-bond donors (Lipinski definition) is 2. The van der Waals surface area contributed by atoms with Gasteiger partial charge in [0.05, 0.1) is 12.3 Å². The zero-order valence-corrected chi connectivity index (χ0v) is 10.3. The number of aliphatic hydroxyl groups is 1. The first-order valence-electron chi connectivity index (χ1n) is 5.90. The summed E-state index contributed by atoms with van der Waals surface area (Å²) in [4.78, 5) is 2.28. The minimum Gasteiger partial charge on any atom is -0.392 e. The van der Waals surface area contributed by atoms with E-state index in [2.05, 4.69) is 35.9 Å². The minimum absolute atomic E-state index is 0.101. The molecule has 0 unspecified atom stereocenters. The first-order chi connectivity index (χ1) is 7.47. The number of aromatic amines is 1. The number of nitrogens with zero attached hydrogens (tertiary/aromatic N) is 2. The summed E-state index contributed by atoms with van der Waals surface area (Å²) in [6.45, 7) is 9.21. The lowest BCUT2D eigenvalue weighted by Gasteiger charge is -2.21. The van der Waals surface area contributed by atoms with Crippen molar-refractivity contribution in [1.29, 1.82) is 0 Å². The van der Waals surface area contributed by atoms with E-state index < -0.39 is 0 Å². The maximum atomic E-state index is 9.49. The number of aliphatic hydroxyl groups excluding tert-OH is 1. The maximum absolute atomic E-state index is 9.49. The molecule has 4 nitrogen and oxygen atoms in total. The second-order valence-electron chi connectivity index (χ2n) is 5.70. The zero-order chi connectivity index (χ0) is 11.8.